The van der Waals surface area contributed by atoms with Gasteiger partial charge in [-0.3, -0.25) is 0 Å². The average Bonchev–Trinajstić information content (AvgIpc) is 2.49. The first-order chi connectivity index (χ1) is 10.2. The summed E-state index contributed by atoms with van der Waals surface area (Å²) in [5.74, 6) is 0. The van der Waals surface area contributed by atoms with Gasteiger partial charge in [0.05, 0.1) is 6.61 Å². The van der Waals surface area contributed by atoms with Gasteiger partial charge >= 0.3 is 0 Å². The Morgan fingerprint density at radius 1 is 1.19 bits per heavy atom. The van der Waals surface area contributed by atoms with E-state index in [9.17, 15) is 0 Å². The molecule has 2 nitrogen and oxygen atoms in total. The molecule has 118 valence electrons. The Hall–Kier alpha value is -1.02. The van der Waals surface area contributed by atoms with Gasteiger partial charge in [-0.1, -0.05) is 32.8 Å². The molecular weight excluding hydrogens is 258 g/mol. The Labute approximate surface area is 130 Å². The van der Waals surface area contributed by atoms with Crippen LogP contribution in [0, 0.1) is 6.92 Å². The summed E-state index contributed by atoms with van der Waals surface area (Å²) in [6.07, 6.45) is 7.42. The van der Waals surface area contributed by atoms with E-state index in [1.54, 1.807) is 23.8 Å². The highest BCUT2D eigenvalue weighted by Gasteiger charge is 2.22. The Bertz CT molecular complexity index is 467. The van der Waals surface area contributed by atoms with Gasteiger partial charge in [0.1, 0.15) is 0 Å². The highest BCUT2D eigenvalue weighted by molar-refractivity contribution is 5.65. The van der Waals surface area contributed by atoms with Crippen LogP contribution in [0.1, 0.15) is 55.4 Å². The van der Waals surface area contributed by atoms with Crippen molar-refractivity contribution < 1.29 is 4.74 Å². The van der Waals surface area contributed by atoms with Crippen LogP contribution in [0.4, 0.5) is 5.69 Å². The van der Waals surface area contributed by atoms with Gasteiger partial charge in [0.25, 0.3) is 0 Å². The van der Waals surface area contributed by atoms with Crippen LogP contribution < -0.4 is 4.90 Å². The molecule has 0 saturated heterocycles. The SMILES string of the molecule is CCCc1cc2c(c(C)c1CCC)N(CCOC)CCC2. The van der Waals surface area contributed by atoms with Crippen molar-refractivity contribution in [2.24, 2.45) is 0 Å². The summed E-state index contributed by atoms with van der Waals surface area (Å²) >= 11 is 0. The number of fused-ring (bicyclic) bond motifs is 1. The van der Waals surface area contributed by atoms with Gasteiger partial charge in [0.15, 0.2) is 0 Å². The lowest BCUT2D eigenvalue weighted by Gasteiger charge is -2.34. The predicted molar refractivity (Wildman–Crippen MR) is 91.6 cm³/mol. The van der Waals surface area contributed by atoms with Crippen molar-refractivity contribution in [3.8, 4) is 0 Å². The molecule has 0 aliphatic carbocycles. The molecule has 1 aromatic rings. The van der Waals surface area contributed by atoms with Crippen molar-refractivity contribution in [2.45, 2.75) is 59.3 Å². The Morgan fingerprint density at radius 3 is 2.62 bits per heavy atom. The van der Waals surface area contributed by atoms with Crippen molar-refractivity contribution in [2.75, 3.05) is 31.7 Å². The molecule has 0 atom stereocenters. The summed E-state index contributed by atoms with van der Waals surface area (Å²) in [5.41, 5.74) is 7.83. The maximum Gasteiger partial charge on any atom is 0.0637 e. The summed E-state index contributed by atoms with van der Waals surface area (Å²) in [5, 5.41) is 0. The first-order valence-corrected chi connectivity index (χ1v) is 8.61. The number of ether oxygens (including phenoxy) is 1. The van der Waals surface area contributed by atoms with Gasteiger partial charge < -0.3 is 9.64 Å². The van der Waals surface area contributed by atoms with Crippen LogP contribution in [0.15, 0.2) is 6.07 Å². The van der Waals surface area contributed by atoms with E-state index in [1.165, 1.54) is 56.3 Å². The highest BCUT2D eigenvalue weighted by Crippen LogP contribution is 2.35. The molecule has 0 spiro atoms. The van der Waals surface area contributed by atoms with E-state index in [-0.39, 0.29) is 0 Å². The summed E-state index contributed by atoms with van der Waals surface area (Å²) in [7, 11) is 1.80. The molecule has 1 aliphatic rings. The molecule has 0 fully saturated rings. The van der Waals surface area contributed by atoms with Gasteiger partial charge in [-0.15, -0.1) is 0 Å². The highest BCUT2D eigenvalue weighted by atomic mass is 16.5. The van der Waals surface area contributed by atoms with Gasteiger partial charge in [-0.2, -0.15) is 0 Å². The molecule has 2 rings (SSSR count). The second kappa shape index (κ2) is 7.84. The molecule has 0 N–H and O–H groups in total. The van der Waals surface area contributed by atoms with Gasteiger partial charge in [0, 0.05) is 25.9 Å². The smallest absolute Gasteiger partial charge is 0.0637 e. The predicted octanol–water partition coefficient (Wildman–Crippen LogP) is 4.30. The van der Waals surface area contributed by atoms with Crippen molar-refractivity contribution in [3.63, 3.8) is 0 Å². The van der Waals surface area contributed by atoms with Gasteiger partial charge in [-0.25, -0.2) is 0 Å². The number of benzene rings is 1. The number of hydrogen-bond donors (Lipinski definition) is 0. The molecule has 2 heteroatoms. The van der Waals surface area contributed by atoms with Crippen molar-refractivity contribution in [1.82, 2.24) is 0 Å². The van der Waals surface area contributed by atoms with Gasteiger partial charge in [-0.05, 0) is 54.9 Å². The molecule has 0 amide bonds. The average molecular weight is 289 g/mol. The number of methoxy groups -OCH3 is 1. The van der Waals surface area contributed by atoms with E-state index in [1.807, 2.05) is 0 Å². The fourth-order valence-corrected chi connectivity index (χ4v) is 3.71. The minimum Gasteiger partial charge on any atom is -0.383 e. The van der Waals surface area contributed by atoms with E-state index in [0.717, 1.165) is 13.2 Å². The fraction of sp³-hybridized carbons (Fsp3) is 0.684. The zero-order valence-electron chi connectivity index (χ0n) is 14.3. The Morgan fingerprint density at radius 2 is 1.95 bits per heavy atom. The summed E-state index contributed by atoms with van der Waals surface area (Å²) in [6.45, 7) is 9.93. The van der Waals surface area contributed by atoms with E-state index in [0.29, 0.717) is 0 Å². The van der Waals surface area contributed by atoms with Crippen LogP contribution in [0.2, 0.25) is 0 Å². The van der Waals surface area contributed by atoms with Crippen molar-refractivity contribution >= 4 is 5.69 Å². The zero-order chi connectivity index (χ0) is 15.2. The third-order valence-corrected chi connectivity index (χ3v) is 4.62. The number of nitrogens with zero attached hydrogens (tertiary/aromatic N) is 1. The van der Waals surface area contributed by atoms with Crippen LogP contribution in [-0.4, -0.2) is 26.8 Å². The second-order valence-corrected chi connectivity index (χ2v) is 6.23. The third-order valence-electron chi connectivity index (χ3n) is 4.62. The molecule has 1 aromatic carbocycles. The normalized spacial score (nSPS) is 14.4. The largest absolute Gasteiger partial charge is 0.383 e. The molecule has 1 heterocycles. The molecular formula is C19H31NO. The lowest BCUT2D eigenvalue weighted by Crippen LogP contribution is -2.33. The lowest BCUT2D eigenvalue weighted by molar-refractivity contribution is 0.205. The minimum absolute atomic E-state index is 0.818. The molecule has 0 radical (unpaired) electrons. The van der Waals surface area contributed by atoms with Crippen LogP contribution in [0.25, 0.3) is 0 Å². The summed E-state index contributed by atoms with van der Waals surface area (Å²) < 4.78 is 5.30. The molecule has 0 saturated carbocycles. The number of hydrogen-bond acceptors (Lipinski definition) is 2. The van der Waals surface area contributed by atoms with Crippen molar-refractivity contribution in [3.05, 3.63) is 28.3 Å². The van der Waals surface area contributed by atoms with Crippen molar-refractivity contribution in [1.29, 1.82) is 0 Å². The van der Waals surface area contributed by atoms with Gasteiger partial charge in [0.2, 0.25) is 0 Å². The summed E-state index contributed by atoms with van der Waals surface area (Å²) in [6, 6.07) is 2.51. The molecule has 21 heavy (non-hydrogen) atoms. The van der Waals surface area contributed by atoms with E-state index >= 15 is 0 Å². The number of rotatable bonds is 7. The maximum atomic E-state index is 5.30. The number of anilines is 1. The molecule has 1 aliphatic heterocycles. The Balaban J connectivity index is 2.42. The topological polar surface area (TPSA) is 12.5 Å². The lowest BCUT2D eigenvalue weighted by atomic mass is 9.87. The first-order valence-electron chi connectivity index (χ1n) is 8.61. The number of aryl methyl sites for hydroxylation is 2. The van der Waals surface area contributed by atoms with E-state index < -0.39 is 0 Å². The second-order valence-electron chi connectivity index (χ2n) is 6.23. The maximum absolute atomic E-state index is 5.30. The fourth-order valence-electron chi connectivity index (χ4n) is 3.71. The molecule has 0 aromatic heterocycles. The van der Waals surface area contributed by atoms with Crippen LogP contribution in [0.5, 0.6) is 0 Å². The van der Waals surface area contributed by atoms with Crippen LogP contribution in [0.3, 0.4) is 0 Å². The standard InChI is InChI=1S/C19H31NO/c1-5-8-16-14-17-10-7-11-20(12-13-21-4)19(17)15(3)18(16)9-6-2/h14H,5-13H2,1-4H3. The summed E-state index contributed by atoms with van der Waals surface area (Å²) in [4.78, 5) is 2.55. The Kier molecular flexibility index (Phi) is 6.10. The first kappa shape index (κ1) is 16.4. The van der Waals surface area contributed by atoms with E-state index in [4.69, 9.17) is 4.74 Å². The van der Waals surface area contributed by atoms with Crippen LogP contribution in [-0.2, 0) is 24.0 Å². The van der Waals surface area contributed by atoms with Crippen LogP contribution >= 0.6 is 0 Å². The third kappa shape index (κ3) is 3.60. The monoisotopic (exact) mass is 289 g/mol. The van der Waals surface area contributed by atoms with E-state index in [2.05, 4.69) is 31.7 Å². The minimum atomic E-state index is 0.818. The quantitative estimate of drug-likeness (QED) is 0.742. The zero-order valence-corrected chi connectivity index (χ0v) is 14.3. The molecule has 0 bridgehead atoms. The molecule has 0 unspecified atom stereocenters.